The van der Waals surface area contributed by atoms with Crippen LogP contribution in [0.3, 0.4) is 0 Å². The van der Waals surface area contributed by atoms with E-state index in [-0.39, 0.29) is 6.42 Å². The molecule has 2 N–H and O–H groups in total. The molecule has 27 heavy (non-hydrogen) atoms. The molecule has 3 atom stereocenters. The van der Waals surface area contributed by atoms with E-state index in [9.17, 15) is 36.6 Å². The standard InChI is InChI=1S/C12H17Cl2NO10S2/c1-2-3-12(5-24-26(20,21)6-13)8(25-27(22,23)7-14)4-15(11(18)19)9(12)10(16)17/h2,8-9H,1,3-7H2,(H,16,17)(H,18,19)/t8-,9-,12+/m1/s1. The molecular weight excluding hydrogens is 453 g/mol. The number of carboxylic acids is 1. The van der Waals surface area contributed by atoms with Crippen LogP contribution in [0.15, 0.2) is 12.7 Å². The Morgan fingerprint density at radius 3 is 2.15 bits per heavy atom. The van der Waals surface area contributed by atoms with Crippen LogP contribution in [0.5, 0.6) is 0 Å². The van der Waals surface area contributed by atoms with Crippen LogP contribution in [0.25, 0.3) is 0 Å². The van der Waals surface area contributed by atoms with Crippen molar-refractivity contribution in [2.75, 3.05) is 23.6 Å². The Kier molecular flexibility index (Phi) is 7.90. The van der Waals surface area contributed by atoms with Crippen LogP contribution in [-0.2, 0) is 33.4 Å². The Morgan fingerprint density at radius 2 is 1.74 bits per heavy atom. The van der Waals surface area contributed by atoms with Crippen molar-refractivity contribution in [3.05, 3.63) is 12.7 Å². The molecule has 0 aromatic carbocycles. The van der Waals surface area contributed by atoms with Crippen LogP contribution in [-0.4, -0.2) is 79.7 Å². The molecule has 1 amide bonds. The van der Waals surface area contributed by atoms with E-state index in [1.54, 1.807) is 0 Å². The molecule has 0 radical (unpaired) electrons. The van der Waals surface area contributed by atoms with Gasteiger partial charge in [0, 0.05) is 0 Å². The number of aliphatic carboxylic acids is 1. The van der Waals surface area contributed by atoms with Crippen molar-refractivity contribution in [1.29, 1.82) is 0 Å². The number of alkyl halides is 2. The predicted octanol–water partition coefficient (Wildman–Crippen LogP) is 0.450. The summed E-state index contributed by atoms with van der Waals surface area (Å²) in [7, 11) is -8.64. The average Bonchev–Trinajstić information content (AvgIpc) is 2.88. The molecule has 0 spiro atoms. The van der Waals surface area contributed by atoms with Gasteiger partial charge in [-0.3, -0.25) is 13.3 Å². The molecule has 0 aromatic rings. The first-order valence-electron chi connectivity index (χ1n) is 7.09. The maximum absolute atomic E-state index is 11.8. The first kappa shape index (κ1) is 23.9. The van der Waals surface area contributed by atoms with Gasteiger partial charge in [-0.15, -0.1) is 29.8 Å². The molecule has 0 bridgehead atoms. The maximum Gasteiger partial charge on any atom is 0.408 e. The van der Waals surface area contributed by atoms with E-state index >= 15 is 0 Å². The topological polar surface area (TPSA) is 165 Å². The highest BCUT2D eigenvalue weighted by Gasteiger charge is 2.61. The molecule has 1 fully saturated rings. The van der Waals surface area contributed by atoms with Crippen LogP contribution in [0, 0.1) is 5.41 Å². The number of amides is 1. The quantitative estimate of drug-likeness (QED) is 0.260. The second kappa shape index (κ2) is 8.92. The number of likely N-dealkylation sites (tertiary alicyclic amines) is 1. The highest BCUT2D eigenvalue weighted by Crippen LogP contribution is 2.44. The second-order valence-electron chi connectivity index (χ2n) is 5.58. The first-order valence-corrected chi connectivity index (χ1v) is 11.3. The zero-order chi connectivity index (χ0) is 21.0. The molecule has 1 aliphatic rings. The summed E-state index contributed by atoms with van der Waals surface area (Å²) >= 11 is 10.5. The minimum atomic E-state index is -4.36. The monoisotopic (exact) mass is 469 g/mol. The fraction of sp³-hybridized carbons (Fsp3) is 0.667. The van der Waals surface area contributed by atoms with Crippen molar-refractivity contribution in [3.8, 4) is 0 Å². The molecule has 1 aliphatic heterocycles. The summed E-state index contributed by atoms with van der Waals surface area (Å²) in [4.78, 5) is 23.7. The number of nitrogens with zero attached hydrogens (tertiary/aromatic N) is 1. The van der Waals surface area contributed by atoms with Crippen molar-refractivity contribution in [2.24, 2.45) is 5.41 Å². The van der Waals surface area contributed by atoms with Gasteiger partial charge in [-0.05, 0) is 6.42 Å². The van der Waals surface area contributed by atoms with E-state index in [0.717, 1.165) is 0 Å². The van der Waals surface area contributed by atoms with Crippen LogP contribution in [0.1, 0.15) is 6.42 Å². The zero-order valence-electron chi connectivity index (χ0n) is 13.7. The average molecular weight is 470 g/mol. The normalized spacial score (nSPS) is 26.1. The third-order valence-corrected chi connectivity index (χ3v) is 7.04. The molecule has 15 heteroatoms. The molecule has 0 aromatic heterocycles. The van der Waals surface area contributed by atoms with E-state index in [1.807, 2.05) is 0 Å². The Morgan fingerprint density at radius 1 is 1.19 bits per heavy atom. The van der Waals surface area contributed by atoms with Crippen LogP contribution >= 0.6 is 23.2 Å². The van der Waals surface area contributed by atoms with Crippen LogP contribution < -0.4 is 0 Å². The number of rotatable bonds is 10. The predicted molar refractivity (Wildman–Crippen MR) is 93.5 cm³/mol. The van der Waals surface area contributed by atoms with Gasteiger partial charge in [-0.2, -0.15) is 16.8 Å². The molecule has 1 rings (SSSR count). The number of carbonyl (C=O) groups is 2. The van der Waals surface area contributed by atoms with E-state index in [4.69, 9.17) is 31.6 Å². The van der Waals surface area contributed by atoms with Gasteiger partial charge in [0.05, 0.1) is 18.6 Å². The lowest BCUT2D eigenvalue weighted by Crippen LogP contribution is -2.52. The lowest BCUT2D eigenvalue weighted by atomic mass is 9.76. The summed E-state index contributed by atoms with van der Waals surface area (Å²) in [6, 6.07) is -1.88. The van der Waals surface area contributed by atoms with Gasteiger partial charge in [0.1, 0.15) is 22.6 Å². The summed E-state index contributed by atoms with van der Waals surface area (Å²) < 4.78 is 56.4. The maximum atomic E-state index is 11.8. The molecule has 1 saturated heterocycles. The summed E-state index contributed by atoms with van der Waals surface area (Å²) in [6.07, 6.45) is -2.44. The molecule has 0 unspecified atom stereocenters. The molecule has 1 heterocycles. The fourth-order valence-corrected chi connectivity index (χ4v) is 4.29. The third kappa shape index (κ3) is 5.45. The summed E-state index contributed by atoms with van der Waals surface area (Å²) in [5.41, 5.74) is -1.93. The van der Waals surface area contributed by atoms with Crippen LogP contribution in [0.4, 0.5) is 4.79 Å². The molecule has 156 valence electrons. The van der Waals surface area contributed by atoms with Crippen molar-refractivity contribution >= 4 is 55.5 Å². The third-order valence-electron chi connectivity index (χ3n) is 3.90. The fourth-order valence-electron chi connectivity index (χ4n) is 2.82. The Balaban J connectivity index is 3.53. The Labute approximate surface area is 165 Å². The minimum Gasteiger partial charge on any atom is -0.480 e. The number of hydrogen-bond donors (Lipinski definition) is 2. The molecule has 0 aliphatic carbocycles. The zero-order valence-corrected chi connectivity index (χ0v) is 16.8. The smallest absolute Gasteiger partial charge is 0.408 e. The number of carboxylic acid groups (broad SMARTS) is 2. The SMILES string of the molecule is C=CC[C@]1(COS(=O)(=O)CCl)[C@H](OS(=O)(=O)CCl)CN(C(=O)O)[C@@H]1C(=O)O. The summed E-state index contributed by atoms with van der Waals surface area (Å²) in [5.74, 6) is -1.65. The number of allylic oxidation sites excluding steroid dienone is 1. The van der Waals surface area contributed by atoms with Crippen molar-refractivity contribution in [1.82, 2.24) is 4.90 Å². The summed E-state index contributed by atoms with van der Waals surface area (Å²) in [5, 5.41) is 16.9. The highest BCUT2D eigenvalue weighted by atomic mass is 35.5. The minimum absolute atomic E-state index is 0.339. The Bertz CT molecular complexity index is 799. The molecule has 11 nitrogen and oxygen atoms in total. The van der Waals surface area contributed by atoms with E-state index in [2.05, 4.69) is 6.58 Å². The first-order chi connectivity index (χ1) is 12.4. The van der Waals surface area contributed by atoms with E-state index in [0.29, 0.717) is 4.90 Å². The summed E-state index contributed by atoms with van der Waals surface area (Å²) in [6.45, 7) is 1.84. The number of halogens is 2. The van der Waals surface area contributed by atoms with E-state index < -0.39 is 73.4 Å². The molecular formula is C12H17Cl2NO10S2. The van der Waals surface area contributed by atoms with Crippen molar-refractivity contribution < 1.29 is 45.0 Å². The highest BCUT2D eigenvalue weighted by molar-refractivity contribution is 7.88. The lowest BCUT2D eigenvalue weighted by molar-refractivity contribution is -0.147. The van der Waals surface area contributed by atoms with E-state index in [1.165, 1.54) is 6.08 Å². The largest absolute Gasteiger partial charge is 0.480 e. The Hall–Kier alpha value is -1.12. The van der Waals surface area contributed by atoms with Gasteiger partial charge < -0.3 is 10.2 Å². The van der Waals surface area contributed by atoms with Gasteiger partial charge in [-0.1, -0.05) is 6.08 Å². The number of hydrogen-bond acceptors (Lipinski definition) is 8. The van der Waals surface area contributed by atoms with Gasteiger partial charge in [0.2, 0.25) is 0 Å². The van der Waals surface area contributed by atoms with Gasteiger partial charge >= 0.3 is 12.1 Å². The second-order valence-corrected chi connectivity index (χ2v) is 9.99. The van der Waals surface area contributed by atoms with Crippen LogP contribution in [0.2, 0.25) is 0 Å². The van der Waals surface area contributed by atoms with Crippen molar-refractivity contribution in [3.63, 3.8) is 0 Å². The van der Waals surface area contributed by atoms with Gasteiger partial charge in [0.25, 0.3) is 20.2 Å². The van der Waals surface area contributed by atoms with Gasteiger partial charge in [-0.25, -0.2) is 9.59 Å². The molecule has 0 saturated carbocycles. The lowest BCUT2D eigenvalue weighted by Gasteiger charge is -2.36. The van der Waals surface area contributed by atoms with Crippen molar-refractivity contribution in [2.45, 2.75) is 18.6 Å². The van der Waals surface area contributed by atoms with Gasteiger partial charge in [0.15, 0.2) is 0 Å².